The summed E-state index contributed by atoms with van der Waals surface area (Å²) >= 11 is 0. The highest BCUT2D eigenvalue weighted by atomic mass is 16.5. The number of nitrogens with zero attached hydrogens (tertiary/aromatic N) is 1. The molecule has 2 aromatic rings. The molecule has 1 atom stereocenters. The van der Waals surface area contributed by atoms with Gasteiger partial charge in [-0.3, -0.25) is 4.79 Å². The van der Waals surface area contributed by atoms with Crippen LogP contribution in [-0.2, 0) is 0 Å². The van der Waals surface area contributed by atoms with Crippen LogP contribution in [0.1, 0.15) is 61.3 Å². The maximum absolute atomic E-state index is 12.8. The van der Waals surface area contributed by atoms with Crippen LogP contribution in [0.25, 0.3) is 11.3 Å². The zero-order valence-electron chi connectivity index (χ0n) is 13.3. The van der Waals surface area contributed by atoms with Crippen molar-refractivity contribution in [1.29, 1.82) is 0 Å². The van der Waals surface area contributed by atoms with Gasteiger partial charge < -0.3 is 14.9 Å². The number of hydrogen-bond donors (Lipinski definition) is 2. The molecule has 1 fully saturated rings. The molecule has 0 radical (unpaired) electrons. The highest BCUT2D eigenvalue weighted by molar-refractivity contribution is 6.01. The molecule has 5 nitrogen and oxygen atoms in total. The van der Waals surface area contributed by atoms with E-state index in [2.05, 4.69) is 10.5 Å². The van der Waals surface area contributed by atoms with Crippen LogP contribution < -0.4 is 5.32 Å². The molecule has 1 aromatic carbocycles. The quantitative estimate of drug-likeness (QED) is 0.906. The number of aliphatic hydroxyl groups is 1. The molecular weight excluding hydrogens is 292 g/mol. The SMILES string of the molecule is C[C@H](O)c1onc(-c2ccccc2)c1C(=O)NC1CCCCC1. The summed E-state index contributed by atoms with van der Waals surface area (Å²) in [6.07, 6.45) is 4.64. The summed E-state index contributed by atoms with van der Waals surface area (Å²) in [5.41, 5.74) is 1.63. The van der Waals surface area contributed by atoms with Gasteiger partial charge in [0.1, 0.15) is 17.4 Å². The Morgan fingerprint density at radius 1 is 1.26 bits per heavy atom. The Kier molecular flexibility index (Phi) is 4.76. The smallest absolute Gasteiger partial charge is 0.257 e. The summed E-state index contributed by atoms with van der Waals surface area (Å²) in [6.45, 7) is 1.58. The first-order chi connectivity index (χ1) is 11.2. The fraction of sp³-hybridized carbons (Fsp3) is 0.444. The average molecular weight is 314 g/mol. The van der Waals surface area contributed by atoms with Gasteiger partial charge >= 0.3 is 0 Å². The van der Waals surface area contributed by atoms with Gasteiger partial charge in [0.15, 0.2) is 5.76 Å². The largest absolute Gasteiger partial charge is 0.385 e. The molecule has 0 saturated heterocycles. The highest BCUT2D eigenvalue weighted by Crippen LogP contribution is 2.29. The number of carbonyl (C=O) groups excluding carboxylic acids is 1. The zero-order valence-corrected chi connectivity index (χ0v) is 13.3. The van der Waals surface area contributed by atoms with Crippen molar-refractivity contribution in [1.82, 2.24) is 10.5 Å². The van der Waals surface area contributed by atoms with E-state index in [4.69, 9.17) is 4.52 Å². The summed E-state index contributed by atoms with van der Waals surface area (Å²) in [5, 5.41) is 17.0. The standard InChI is InChI=1S/C18H22N2O3/c1-12(21)17-15(18(22)19-14-10-6-3-7-11-14)16(20-23-17)13-8-4-2-5-9-13/h2,4-5,8-9,12,14,21H,3,6-7,10-11H2,1H3,(H,19,22)/t12-/m0/s1. The van der Waals surface area contributed by atoms with Gasteiger partial charge in [-0.25, -0.2) is 0 Å². The molecule has 3 rings (SSSR count). The van der Waals surface area contributed by atoms with E-state index in [0.717, 1.165) is 31.2 Å². The first-order valence-corrected chi connectivity index (χ1v) is 8.20. The van der Waals surface area contributed by atoms with Gasteiger partial charge in [0.2, 0.25) is 0 Å². The molecule has 2 N–H and O–H groups in total. The maximum Gasteiger partial charge on any atom is 0.257 e. The van der Waals surface area contributed by atoms with Crippen molar-refractivity contribution in [3.05, 3.63) is 41.7 Å². The van der Waals surface area contributed by atoms with Crippen LogP contribution in [0.5, 0.6) is 0 Å². The Labute approximate surface area is 135 Å². The molecule has 1 amide bonds. The number of nitrogens with one attached hydrogen (secondary N) is 1. The van der Waals surface area contributed by atoms with Gasteiger partial charge in [-0.1, -0.05) is 54.8 Å². The van der Waals surface area contributed by atoms with E-state index >= 15 is 0 Å². The van der Waals surface area contributed by atoms with E-state index in [1.165, 1.54) is 6.42 Å². The molecule has 23 heavy (non-hydrogen) atoms. The lowest BCUT2D eigenvalue weighted by Gasteiger charge is -2.22. The summed E-state index contributed by atoms with van der Waals surface area (Å²) in [7, 11) is 0. The second kappa shape index (κ2) is 6.96. The van der Waals surface area contributed by atoms with E-state index in [-0.39, 0.29) is 17.7 Å². The van der Waals surface area contributed by atoms with Crippen molar-refractivity contribution in [2.24, 2.45) is 0 Å². The monoisotopic (exact) mass is 314 g/mol. The molecule has 0 aliphatic heterocycles. The lowest BCUT2D eigenvalue weighted by Crippen LogP contribution is -2.36. The fourth-order valence-electron chi connectivity index (χ4n) is 3.10. The Hall–Kier alpha value is -2.14. The predicted octanol–water partition coefficient (Wildman–Crippen LogP) is 3.46. The summed E-state index contributed by atoms with van der Waals surface area (Å²) in [4.78, 5) is 12.8. The maximum atomic E-state index is 12.8. The average Bonchev–Trinajstić information content (AvgIpc) is 3.02. The number of aliphatic hydroxyl groups excluding tert-OH is 1. The minimum Gasteiger partial charge on any atom is -0.385 e. The van der Waals surface area contributed by atoms with E-state index in [1.54, 1.807) is 6.92 Å². The minimum absolute atomic E-state index is 0.191. The van der Waals surface area contributed by atoms with Crippen molar-refractivity contribution >= 4 is 5.91 Å². The van der Waals surface area contributed by atoms with Crippen LogP contribution in [0.3, 0.4) is 0 Å². The van der Waals surface area contributed by atoms with E-state index < -0.39 is 6.10 Å². The summed E-state index contributed by atoms with van der Waals surface area (Å²) in [5.74, 6) is 0.00469. The first-order valence-electron chi connectivity index (χ1n) is 8.20. The molecule has 1 saturated carbocycles. The van der Waals surface area contributed by atoms with Crippen LogP contribution in [0.15, 0.2) is 34.9 Å². The number of benzene rings is 1. The lowest BCUT2D eigenvalue weighted by molar-refractivity contribution is 0.0915. The van der Waals surface area contributed by atoms with Crippen molar-refractivity contribution in [3.63, 3.8) is 0 Å². The molecule has 1 aliphatic carbocycles. The third-order valence-electron chi connectivity index (χ3n) is 4.31. The van der Waals surface area contributed by atoms with Gasteiger partial charge in [0.05, 0.1) is 0 Å². The molecular formula is C18H22N2O3. The molecule has 122 valence electrons. The third-order valence-corrected chi connectivity index (χ3v) is 4.31. The molecule has 1 heterocycles. The number of rotatable bonds is 4. The second-order valence-electron chi connectivity index (χ2n) is 6.12. The molecule has 5 heteroatoms. The van der Waals surface area contributed by atoms with Crippen LogP contribution in [0.2, 0.25) is 0 Å². The van der Waals surface area contributed by atoms with Gasteiger partial charge in [-0.2, -0.15) is 0 Å². The highest BCUT2D eigenvalue weighted by Gasteiger charge is 2.28. The van der Waals surface area contributed by atoms with Crippen molar-refractivity contribution in [2.75, 3.05) is 0 Å². The predicted molar refractivity (Wildman–Crippen MR) is 86.9 cm³/mol. The molecule has 0 unspecified atom stereocenters. The third kappa shape index (κ3) is 3.45. The van der Waals surface area contributed by atoms with Gasteiger partial charge in [0.25, 0.3) is 5.91 Å². The van der Waals surface area contributed by atoms with Gasteiger partial charge in [0, 0.05) is 11.6 Å². The topological polar surface area (TPSA) is 75.4 Å². The minimum atomic E-state index is -0.882. The van der Waals surface area contributed by atoms with Crippen molar-refractivity contribution in [3.8, 4) is 11.3 Å². The van der Waals surface area contributed by atoms with E-state index in [1.807, 2.05) is 30.3 Å². The number of carbonyl (C=O) groups is 1. The first kappa shape index (κ1) is 15.7. The molecule has 1 aromatic heterocycles. The Morgan fingerprint density at radius 2 is 1.96 bits per heavy atom. The number of aromatic nitrogens is 1. The van der Waals surface area contributed by atoms with Crippen molar-refractivity contribution < 1.29 is 14.4 Å². The Bertz CT molecular complexity index is 658. The normalized spacial score (nSPS) is 17.0. The fourth-order valence-corrected chi connectivity index (χ4v) is 3.10. The van der Waals surface area contributed by atoms with Gasteiger partial charge in [-0.15, -0.1) is 0 Å². The van der Waals surface area contributed by atoms with Crippen LogP contribution >= 0.6 is 0 Å². The molecule has 0 bridgehead atoms. The lowest BCUT2D eigenvalue weighted by atomic mass is 9.95. The Morgan fingerprint density at radius 3 is 2.61 bits per heavy atom. The molecule has 0 spiro atoms. The van der Waals surface area contributed by atoms with Crippen LogP contribution in [0.4, 0.5) is 0 Å². The summed E-state index contributed by atoms with van der Waals surface area (Å²) in [6, 6.07) is 9.61. The number of hydrogen-bond acceptors (Lipinski definition) is 4. The number of amides is 1. The van der Waals surface area contributed by atoms with Crippen LogP contribution in [-0.4, -0.2) is 22.2 Å². The van der Waals surface area contributed by atoms with E-state index in [9.17, 15) is 9.90 Å². The zero-order chi connectivity index (χ0) is 16.2. The summed E-state index contributed by atoms with van der Waals surface area (Å²) < 4.78 is 5.26. The Balaban J connectivity index is 1.92. The van der Waals surface area contributed by atoms with Crippen LogP contribution in [0, 0.1) is 0 Å². The van der Waals surface area contributed by atoms with E-state index in [0.29, 0.717) is 11.3 Å². The molecule has 1 aliphatic rings. The van der Waals surface area contributed by atoms with Gasteiger partial charge in [-0.05, 0) is 19.8 Å². The second-order valence-corrected chi connectivity index (χ2v) is 6.12. The van der Waals surface area contributed by atoms with Crippen molar-refractivity contribution in [2.45, 2.75) is 51.2 Å².